The molecule has 2 atom stereocenters. The molecule has 26 heavy (non-hydrogen) atoms. The molecule has 0 radical (unpaired) electrons. The van der Waals surface area contributed by atoms with Crippen LogP contribution in [0.1, 0.15) is 55.4 Å². The van der Waals surface area contributed by atoms with Crippen LogP contribution >= 0.6 is 0 Å². The van der Waals surface area contributed by atoms with Crippen LogP contribution in [-0.4, -0.2) is 72.8 Å². The van der Waals surface area contributed by atoms with E-state index in [1.54, 1.807) is 0 Å². The number of rotatable bonds is 6. The van der Waals surface area contributed by atoms with Crippen LogP contribution in [0.4, 0.5) is 0 Å². The maximum atomic E-state index is 12.0. The summed E-state index contributed by atoms with van der Waals surface area (Å²) in [5, 5.41) is 9.52. The largest absolute Gasteiger partial charge is 0.373 e. The lowest BCUT2D eigenvalue weighted by Gasteiger charge is -2.45. The monoisotopic (exact) mass is 369 g/mol. The Labute approximate surface area is 159 Å². The summed E-state index contributed by atoms with van der Waals surface area (Å²) in [4.78, 5) is 18.9. The second-order valence-corrected chi connectivity index (χ2v) is 8.82. The minimum atomic E-state index is -0.246. The number of hydrogen-bond donors (Lipinski definition) is 3. The van der Waals surface area contributed by atoms with Crippen molar-refractivity contribution in [2.75, 3.05) is 32.7 Å². The summed E-state index contributed by atoms with van der Waals surface area (Å²) in [6, 6.07) is 0. The molecular weight excluding hydrogens is 330 g/mol. The topological polar surface area (TPSA) is 78.0 Å². The number of aliphatic imine (C=N–C) groups is 1. The third-order valence-electron chi connectivity index (χ3n) is 4.20. The van der Waals surface area contributed by atoms with E-state index < -0.39 is 0 Å². The number of amides is 1. The summed E-state index contributed by atoms with van der Waals surface area (Å²) in [5.74, 6) is 0.587. The third-order valence-corrected chi connectivity index (χ3v) is 4.20. The van der Waals surface area contributed by atoms with E-state index in [0.717, 1.165) is 26.2 Å². The van der Waals surface area contributed by atoms with Gasteiger partial charge in [0.1, 0.15) is 6.54 Å². The Hall–Kier alpha value is -1.34. The van der Waals surface area contributed by atoms with Crippen molar-refractivity contribution in [3.8, 4) is 0 Å². The molecule has 1 amide bonds. The van der Waals surface area contributed by atoms with Gasteiger partial charge in [0, 0.05) is 37.3 Å². The van der Waals surface area contributed by atoms with Crippen LogP contribution in [0, 0.1) is 0 Å². The first-order valence-electron chi connectivity index (χ1n) is 9.66. The molecule has 0 saturated carbocycles. The zero-order valence-electron chi connectivity index (χ0n) is 17.9. The first-order chi connectivity index (χ1) is 11.9. The smallest absolute Gasteiger partial charge is 0.242 e. The Balaban J connectivity index is 2.63. The van der Waals surface area contributed by atoms with Gasteiger partial charge in [-0.05, 0) is 55.4 Å². The average Bonchev–Trinajstić information content (AvgIpc) is 2.47. The van der Waals surface area contributed by atoms with Crippen molar-refractivity contribution in [3.05, 3.63) is 0 Å². The predicted molar refractivity (Wildman–Crippen MR) is 108 cm³/mol. The molecular formula is C19H39N5O2. The van der Waals surface area contributed by atoms with Gasteiger partial charge in [-0.2, -0.15) is 0 Å². The van der Waals surface area contributed by atoms with Crippen molar-refractivity contribution in [3.63, 3.8) is 0 Å². The molecule has 1 fully saturated rings. The van der Waals surface area contributed by atoms with Crippen molar-refractivity contribution in [1.82, 2.24) is 20.9 Å². The Morgan fingerprint density at radius 1 is 1.12 bits per heavy atom. The van der Waals surface area contributed by atoms with Crippen LogP contribution in [0.25, 0.3) is 0 Å². The number of morpholine rings is 1. The van der Waals surface area contributed by atoms with Crippen LogP contribution in [0.2, 0.25) is 0 Å². The molecule has 0 aliphatic carbocycles. The van der Waals surface area contributed by atoms with E-state index in [-0.39, 0.29) is 35.7 Å². The summed E-state index contributed by atoms with van der Waals surface area (Å²) in [6.45, 7) is 20.0. The number of hydrogen-bond acceptors (Lipinski definition) is 4. The second kappa shape index (κ2) is 9.55. The molecule has 0 spiro atoms. The standard InChI is InChI=1S/C19H39N5O2/c1-9-20-17(21-10-16(25)23-18(4,5)6)22-13-19(7,8)24-11-14(2)26-15(3)12-24/h14-15H,9-13H2,1-8H3,(H,23,25)(H2,20,21,22). The quantitative estimate of drug-likeness (QED) is 0.487. The van der Waals surface area contributed by atoms with E-state index in [1.807, 2.05) is 27.7 Å². The Morgan fingerprint density at radius 3 is 2.19 bits per heavy atom. The molecule has 0 aromatic rings. The summed E-state index contributed by atoms with van der Waals surface area (Å²) < 4.78 is 5.84. The third kappa shape index (κ3) is 8.36. The Morgan fingerprint density at radius 2 is 1.69 bits per heavy atom. The molecule has 1 saturated heterocycles. The van der Waals surface area contributed by atoms with E-state index in [2.05, 4.69) is 53.5 Å². The van der Waals surface area contributed by atoms with Crippen molar-refractivity contribution in [1.29, 1.82) is 0 Å². The summed E-state index contributed by atoms with van der Waals surface area (Å²) >= 11 is 0. The Bertz CT molecular complexity index is 475. The normalized spacial score (nSPS) is 22.8. The number of nitrogens with one attached hydrogen (secondary N) is 3. The fraction of sp³-hybridized carbons (Fsp3) is 0.895. The minimum absolute atomic E-state index is 0.0455. The van der Waals surface area contributed by atoms with Gasteiger partial charge in [0.15, 0.2) is 5.96 Å². The predicted octanol–water partition coefficient (Wildman–Crippen LogP) is 1.34. The fourth-order valence-electron chi connectivity index (χ4n) is 3.03. The molecule has 1 rings (SSSR count). The molecule has 1 aliphatic rings. The molecule has 1 heterocycles. The number of ether oxygens (including phenoxy) is 1. The Kier molecular flexibility index (Phi) is 8.34. The van der Waals surface area contributed by atoms with Crippen LogP contribution in [-0.2, 0) is 9.53 Å². The zero-order chi connectivity index (χ0) is 20.0. The number of carbonyl (C=O) groups excluding carboxylic acids is 1. The highest BCUT2D eigenvalue weighted by Gasteiger charge is 2.33. The first-order valence-corrected chi connectivity index (χ1v) is 9.66. The first kappa shape index (κ1) is 22.7. The molecule has 2 unspecified atom stereocenters. The zero-order valence-corrected chi connectivity index (χ0v) is 17.9. The highest BCUT2D eigenvalue weighted by Crippen LogP contribution is 2.20. The van der Waals surface area contributed by atoms with Gasteiger partial charge in [0.25, 0.3) is 0 Å². The van der Waals surface area contributed by atoms with Gasteiger partial charge in [-0.1, -0.05) is 0 Å². The lowest BCUT2D eigenvalue weighted by molar-refractivity contribution is -0.121. The van der Waals surface area contributed by atoms with Gasteiger partial charge >= 0.3 is 0 Å². The van der Waals surface area contributed by atoms with Crippen LogP contribution < -0.4 is 16.0 Å². The highest BCUT2D eigenvalue weighted by molar-refractivity contribution is 5.85. The molecule has 1 aliphatic heterocycles. The molecule has 152 valence electrons. The van der Waals surface area contributed by atoms with E-state index in [1.165, 1.54) is 0 Å². The SMILES string of the molecule is CCNC(=NCC(=O)NC(C)(C)C)NCC(C)(C)N1CC(C)OC(C)C1. The van der Waals surface area contributed by atoms with Gasteiger partial charge in [-0.15, -0.1) is 0 Å². The van der Waals surface area contributed by atoms with Gasteiger partial charge in [-0.25, -0.2) is 4.99 Å². The molecule has 7 heteroatoms. The lowest BCUT2D eigenvalue weighted by Crippen LogP contribution is -2.59. The average molecular weight is 370 g/mol. The summed E-state index contributed by atoms with van der Waals surface area (Å²) in [7, 11) is 0. The van der Waals surface area contributed by atoms with Crippen molar-refractivity contribution in [2.45, 2.75) is 78.7 Å². The fourth-order valence-corrected chi connectivity index (χ4v) is 3.03. The minimum Gasteiger partial charge on any atom is -0.373 e. The van der Waals surface area contributed by atoms with E-state index >= 15 is 0 Å². The molecule has 7 nitrogen and oxygen atoms in total. The van der Waals surface area contributed by atoms with Crippen LogP contribution in [0.15, 0.2) is 4.99 Å². The van der Waals surface area contributed by atoms with Gasteiger partial charge in [0.2, 0.25) is 5.91 Å². The number of nitrogens with zero attached hydrogens (tertiary/aromatic N) is 2. The van der Waals surface area contributed by atoms with Crippen LogP contribution in [0.3, 0.4) is 0 Å². The summed E-state index contributed by atoms with van der Waals surface area (Å²) in [5.41, 5.74) is -0.291. The van der Waals surface area contributed by atoms with Crippen LogP contribution in [0.5, 0.6) is 0 Å². The second-order valence-electron chi connectivity index (χ2n) is 8.82. The van der Waals surface area contributed by atoms with Gasteiger partial charge in [0.05, 0.1) is 12.2 Å². The highest BCUT2D eigenvalue weighted by atomic mass is 16.5. The van der Waals surface area contributed by atoms with Crippen molar-refractivity contribution in [2.24, 2.45) is 4.99 Å². The molecule has 0 aromatic carbocycles. The van der Waals surface area contributed by atoms with E-state index in [4.69, 9.17) is 4.74 Å². The molecule has 0 bridgehead atoms. The number of carbonyl (C=O) groups is 1. The molecule has 3 N–H and O–H groups in total. The molecule has 0 aromatic heterocycles. The lowest BCUT2D eigenvalue weighted by atomic mass is 10.00. The maximum absolute atomic E-state index is 12.0. The van der Waals surface area contributed by atoms with E-state index in [0.29, 0.717) is 5.96 Å². The van der Waals surface area contributed by atoms with Crippen molar-refractivity contribution >= 4 is 11.9 Å². The van der Waals surface area contributed by atoms with Gasteiger partial charge in [-0.3, -0.25) is 9.69 Å². The number of guanidine groups is 1. The van der Waals surface area contributed by atoms with Crippen molar-refractivity contribution < 1.29 is 9.53 Å². The summed E-state index contributed by atoms with van der Waals surface area (Å²) in [6.07, 6.45) is 0.474. The maximum Gasteiger partial charge on any atom is 0.242 e. The van der Waals surface area contributed by atoms with Gasteiger partial charge < -0.3 is 20.7 Å². The van der Waals surface area contributed by atoms with E-state index in [9.17, 15) is 4.79 Å².